The van der Waals surface area contributed by atoms with Crippen LogP contribution in [0.1, 0.15) is 11.1 Å². The van der Waals surface area contributed by atoms with E-state index in [9.17, 15) is 19.8 Å². The molecule has 0 bridgehead atoms. The zero-order valence-electron chi connectivity index (χ0n) is 18.7. The van der Waals surface area contributed by atoms with E-state index in [4.69, 9.17) is 13.9 Å². The summed E-state index contributed by atoms with van der Waals surface area (Å²) in [6, 6.07) is 16.5. The second kappa shape index (κ2) is 9.52. The zero-order valence-corrected chi connectivity index (χ0v) is 18.7. The molecule has 3 aromatic carbocycles. The summed E-state index contributed by atoms with van der Waals surface area (Å²) in [4.78, 5) is 25.1. The van der Waals surface area contributed by atoms with Gasteiger partial charge in [-0.05, 0) is 41.8 Å². The summed E-state index contributed by atoms with van der Waals surface area (Å²) in [6.45, 7) is 0.901. The smallest absolute Gasteiger partial charge is 0.321 e. The van der Waals surface area contributed by atoms with Crippen molar-refractivity contribution in [2.75, 3.05) is 13.2 Å². The average molecular weight is 473 g/mol. The van der Waals surface area contributed by atoms with Gasteiger partial charge >= 0.3 is 5.97 Å². The fourth-order valence-corrected chi connectivity index (χ4v) is 4.15. The van der Waals surface area contributed by atoms with Crippen LogP contribution in [0, 0.1) is 0 Å². The molecule has 2 heterocycles. The number of benzene rings is 3. The Morgan fingerprint density at radius 1 is 1.00 bits per heavy atom. The van der Waals surface area contributed by atoms with Gasteiger partial charge in [0.2, 0.25) is 5.43 Å². The molecule has 1 unspecified atom stereocenters. The summed E-state index contributed by atoms with van der Waals surface area (Å²) >= 11 is 0. The van der Waals surface area contributed by atoms with Gasteiger partial charge in [-0.2, -0.15) is 0 Å². The SMILES string of the molecule is O=C(O)C(Cc1ccccc1)NCc1c(O)ccc2c(=O)c(-c3ccc4c(c3)OCCO4)coc12. The summed E-state index contributed by atoms with van der Waals surface area (Å²) < 4.78 is 17.0. The number of hydrogen-bond acceptors (Lipinski definition) is 7. The highest BCUT2D eigenvalue weighted by Gasteiger charge is 2.21. The number of phenols is 1. The van der Waals surface area contributed by atoms with Crippen LogP contribution >= 0.6 is 0 Å². The summed E-state index contributed by atoms with van der Waals surface area (Å²) in [7, 11) is 0. The van der Waals surface area contributed by atoms with Crippen molar-refractivity contribution in [2.24, 2.45) is 0 Å². The minimum atomic E-state index is -1.02. The van der Waals surface area contributed by atoms with Crippen molar-refractivity contribution in [3.63, 3.8) is 0 Å². The van der Waals surface area contributed by atoms with Crippen molar-refractivity contribution in [2.45, 2.75) is 19.0 Å². The van der Waals surface area contributed by atoms with Gasteiger partial charge in [-0.1, -0.05) is 36.4 Å². The molecule has 0 radical (unpaired) electrons. The maximum atomic E-state index is 13.3. The van der Waals surface area contributed by atoms with Gasteiger partial charge in [-0.3, -0.25) is 14.9 Å². The number of nitrogens with one attached hydrogen (secondary N) is 1. The number of rotatable bonds is 7. The average Bonchev–Trinajstić information content (AvgIpc) is 2.87. The second-order valence-corrected chi connectivity index (χ2v) is 8.24. The third-order valence-electron chi connectivity index (χ3n) is 5.98. The van der Waals surface area contributed by atoms with Gasteiger partial charge in [0.05, 0.1) is 16.5 Å². The number of carboxylic acid groups (broad SMARTS) is 1. The van der Waals surface area contributed by atoms with Crippen LogP contribution in [0.25, 0.3) is 22.1 Å². The van der Waals surface area contributed by atoms with E-state index in [1.807, 2.05) is 30.3 Å². The van der Waals surface area contributed by atoms with Gasteiger partial charge in [0, 0.05) is 6.54 Å². The first-order valence-electron chi connectivity index (χ1n) is 11.2. The topological polar surface area (TPSA) is 118 Å². The Bertz CT molecular complexity index is 1450. The van der Waals surface area contributed by atoms with Crippen molar-refractivity contribution in [1.82, 2.24) is 5.32 Å². The molecule has 1 aliphatic heterocycles. The maximum absolute atomic E-state index is 13.3. The van der Waals surface area contributed by atoms with E-state index >= 15 is 0 Å². The largest absolute Gasteiger partial charge is 0.507 e. The molecule has 5 rings (SSSR count). The van der Waals surface area contributed by atoms with Crippen LogP contribution in [-0.4, -0.2) is 35.4 Å². The van der Waals surface area contributed by atoms with E-state index in [1.165, 1.54) is 18.4 Å². The Kier molecular flexibility index (Phi) is 6.12. The van der Waals surface area contributed by atoms with Crippen LogP contribution in [0.15, 0.2) is 76.1 Å². The highest BCUT2D eigenvalue weighted by Crippen LogP contribution is 2.35. The minimum absolute atomic E-state index is 0.000710. The molecule has 0 saturated carbocycles. The molecule has 8 heteroatoms. The van der Waals surface area contributed by atoms with Gasteiger partial charge in [-0.15, -0.1) is 0 Å². The Morgan fingerprint density at radius 3 is 2.54 bits per heavy atom. The molecule has 0 fully saturated rings. The summed E-state index contributed by atoms with van der Waals surface area (Å²) in [5.74, 6) is 0.0638. The number of aliphatic carboxylic acids is 1. The summed E-state index contributed by atoms with van der Waals surface area (Å²) in [6.07, 6.45) is 1.61. The molecule has 0 amide bonds. The standard InChI is InChI=1S/C27H23NO7/c29-22-8-7-18-25(30)20(17-6-9-23-24(13-17)34-11-10-33-23)15-35-26(18)19(22)14-28-21(27(31)32)12-16-4-2-1-3-5-16/h1-9,13,15,21,28-29H,10-12,14H2,(H,31,32). The first kappa shape index (κ1) is 22.5. The second-order valence-electron chi connectivity index (χ2n) is 8.24. The number of aromatic hydroxyl groups is 1. The Labute approximate surface area is 200 Å². The van der Waals surface area contributed by atoms with Gasteiger partial charge in [-0.25, -0.2) is 0 Å². The molecule has 3 N–H and O–H groups in total. The van der Waals surface area contributed by atoms with E-state index in [2.05, 4.69) is 5.32 Å². The molecule has 35 heavy (non-hydrogen) atoms. The molecule has 178 valence electrons. The number of hydrogen-bond donors (Lipinski definition) is 3. The maximum Gasteiger partial charge on any atom is 0.321 e. The lowest BCUT2D eigenvalue weighted by atomic mass is 10.0. The first-order valence-corrected chi connectivity index (χ1v) is 11.2. The predicted octanol–water partition coefficient (Wildman–Crippen LogP) is 3.72. The third kappa shape index (κ3) is 4.56. The number of carbonyl (C=O) groups is 1. The Morgan fingerprint density at radius 2 is 1.77 bits per heavy atom. The molecule has 0 saturated heterocycles. The summed E-state index contributed by atoms with van der Waals surface area (Å²) in [5.41, 5.74) is 2.06. The molecule has 0 spiro atoms. The molecular formula is C27H23NO7. The van der Waals surface area contributed by atoms with Gasteiger partial charge in [0.15, 0.2) is 11.5 Å². The monoisotopic (exact) mass is 473 g/mol. The van der Waals surface area contributed by atoms with Crippen molar-refractivity contribution < 1.29 is 28.9 Å². The highest BCUT2D eigenvalue weighted by atomic mass is 16.6. The Balaban J connectivity index is 1.45. The van der Waals surface area contributed by atoms with Crippen LogP contribution < -0.4 is 20.2 Å². The fraction of sp³-hybridized carbons (Fsp3) is 0.185. The van der Waals surface area contributed by atoms with E-state index < -0.39 is 12.0 Å². The number of carboxylic acids is 1. The van der Waals surface area contributed by atoms with Crippen LogP contribution in [-0.2, 0) is 17.8 Å². The number of ether oxygens (including phenoxy) is 2. The quantitative estimate of drug-likeness (QED) is 0.372. The molecule has 4 aromatic rings. The zero-order chi connectivity index (χ0) is 24.4. The van der Waals surface area contributed by atoms with Crippen molar-refractivity contribution in [1.29, 1.82) is 0 Å². The van der Waals surface area contributed by atoms with Gasteiger partial charge < -0.3 is 24.1 Å². The lowest BCUT2D eigenvalue weighted by Crippen LogP contribution is -2.38. The van der Waals surface area contributed by atoms with Crippen molar-refractivity contribution >= 4 is 16.9 Å². The molecule has 0 aliphatic carbocycles. The Hall–Kier alpha value is -4.30. The van der Waals surface area contributed by atoms with Crippen molar-refractivity contribution in [3.05, 3.63) is 88.3 Å². The molecule has 1 aliphatic rings. The van der Waals surface area contributed by atoms with Gasteiger partial charge in [0.25, 0.3) is 0 Å². The lowest BCUT2D eigenvalue weighted by molar-refractivity contribution is -0.139. The van der Waals surface area contributed by atoms with Crippen LogP contribution in [0.4, 0.5) is 0 Å². The van der Waals surface area contributed by atoms with Crippen molar-refractivity contribution in [3.8, 4) is 28.4 Å². The number of fused-ring (bicyclic) bond motifs is 2. The molecule has 1 atom stereocenters. The first-order chi connectivity index (χ1) is 17.0. The highest BCUT2D eigenvalue weighted by molar-refractivity contribution is 5.86. The normalized spacial score (nSPS) is 13.5. The van der Waals surface area contributed by atoms with E-state index in [1.54, 1.807) is 18.2 Å². The predicted molar refractivity (Wildman–Crippen MR) is 129 cm³/mol. The fourth-order valence-electron chi connectivity index (χ4n) is 4.15. The minimum Gasteiger partial charge on any atom is -0.507 e. The van der Waals surface area contributed by atoms with Crippen LogP contribution in [0.3, 0.4) is 0 Å². The molecule has 1 aromatic heterocycles. The number of phenolic OH excluding ortho intramolecular Hbond substituents is 1. The summed E-state index contributed by atoms with van der Waals surface area (Å²) in [5, 5.41) is 23.4. The molecule has 8 nitrogen and oxygen atoms in total. The third-order valence-corrected chi connectivity index (χ3v) is 5.98. The lowest BCUT2D eigenvalue weighted by Gasteiger charge is -2.19. The van der Waals surface area contributed by atoms with Crippen LogP contribution in [0.2, 0.25) is 0 Å². The van der Waals surface area contributed by atoms with Gasteiger partial charge in [0.1, 0.15) is 36.9 Å². The van der Waals surface area contributed by atoms with Crippen LogP contribution in [0.5, 0.6) is 17.2 Å². The molecular weight excluding hydrogens is 450 g/mol. The van der Waals surface area contributed by atoms with E-state index in [0.29, 0.717) is 41.4 Å². The van der Waals surface area contributed by atoms with E-state index in [-0.39, 0.29) is 35.1 Å². The van der Waals surface area contributed by atoms with E-state index in [0.717, 1.165) is 5.56 Å².